The van der Waals surface area contributed by atoms with Gasteiger partial charge in [-0.15, -0.1) is 0 Å². The van der Waals surface area contributed by atoms with Gasteiger partial charge < -0.3 is 10.1 Å². The number of pyridine rings is 1. The molecule has 6 heteroatoms. The topological polar surface area (TPSA) is 69.0 Å². The van der Waals surface area contributed by atoms with Gasteiger partial charge in [0.15, 0.2) is 0 Å². The molecule has 1 atom stereocenters. The summed E-state index contributed by atoms with van der Waals surface area (Å²) in [6.45, 7) is 2.54. The van der Waals surface area contributed by atoms with Gasteiger partial charge in [-0.05, 0) is 30.7 Å². The zero-order chi connectivity index (χ0) is 18.1. The van der Waals surface area contributed by atoms with Crippen molar-refractivity contribution >= 4 is 5.91 Å². The third kappa shape index (κ3) is 2.63. The molecule has 0 aliphatic carbocycles. The van der Waals surface area contributed by atoms with Crippen LogP contribution in [0.25, 0.3) is 0 Å². The molecular weight excluding hydrogens is 328 g/mol. The van der Waals surface area contributed by atoms with E-state index in [1.165, 1.54) is 0 Å². The predicted octanol–water partition coefficient (Wildman–Crippen LogP) is 2.58. The summed E-state index contributed by atoms with van der Waals surface area (Å²) in [5.74, 6) is 0.508. The number of nitrogens with one attached hydrogen (secondary N) is 1. The second kappa shape index (κ2) is 6.29. The quantitative estimate of drug-likeness (QED) is 0.790. The highest BCUT2D eigenvalue weighted by Gasteiger charge is 2.42. The number of rotatable bonds is 3. The third-order valence-electron chi connectivity index (χ3n) is 4.83. The monoisotopic (exact) mass is 348 g/mol. The second-order valence-electron chi connectivity index (χ2n) is 6.51. The van der Waals surface area contributed by atoms with Crippen molar-refractivity contribution in [1.82, 2.24) is 20.1 Å². The van der Waals surface area contributed by atoms with E-state index in [2.05, 4.69) is 15.4 Å². The smallest absolute Gasteiger partial charge is 0.270 e. The van der Waals surface area contributed by atoms with Crippen molar-refractivity contribution in [3.05, 3.63) is 77.4 Å². The lowest BCUT2D eigenvalue weighted by atomic mass is 9.81. The minimum Gasteiger partial charge on any atom is -0.491 e. The molecule has 1 amide bonds. The molecule has 0 radical (unpaired) electrons. The van der Waals surface area contributed by atoms with Crippen molar-refractivity contribution in [2.45, 2.75) is 18.9 Å². The van der Waals surface area contributed by atoms with Crippen LogP contribution in [0.2, 0.25) is 0 Å². The first-order valence-electron chi connectivity index (χ1n) is 8.56. The van der Waals surface area contributed by atoms with Crippen LogP contribution in [0.1, 0.15) is 33.7 Å². The summed E-state index contributed by atoms with van der Waals surface area (Å²) in [4.78, 5) is 17.6. The number of hydrogen-bond acceptors (Lipinski definition) is 4. The molecule has 4 rings (SSSR count). The first-order chi connectivity index (χ1) is 12.6. The molecule has 1 N–H and O–H groups in total. The maximum absolute atomic E-state index is 13.0. The van der Waals surface area contributed by atoms with E-state index in [1.807, 2.05) is 43.3 Å². The second-order valence-corrected chi connectivity index (χ2v) is 6.51. The summed E-state index contributed by atoms with van der Waals surface area (Å²) >= 11 is 0. The van der Waals surface area contributed by atoms with Gasteiger partial charge in [-0.3, -0.25) is 14.5 Å². The van der Waals surface area contributed by atoms with E-state index in [1.54, 1.807) is 30.2 Å². The van der Waals surface area contributed by atoms with Gasteiger partial charge >= 0.3 is 0 Å². The van der Waals surface area contributed by atoms with E-state index < -0.39 is 5.54 Å². The molecule has 3 heterocycles. The summed E-state index contributed by atoms with van der Waals surface area (Å²) < 4.78 is 7.35. The highest BCUT2D eigenvalue weighted by atomic mass is 16.5. The Bertz CT molecular complexity index is 948. The molecular formula is C20H20N4O2. The number of hydrogen-bond donors (Lipinski definition) is 1. The van der Waals surface area contributed by atoms with Crippen LogP contribution >= 0.6 is 0 Å². The number of carbonyl (C=O) groups excluding carboxylic acids is 1. The van der Waals surface area contributed by atoms with Gasteiger partial charge in [0.05, 0.1) is 6.61 Å². The minimum atomic E-state index is -0.746. The van der Waals surface area contributed by atoms with Crippen LogP contribution < -0.4 is 10.1 Å². The number of ether oxygens (including phenoxy) is 1. The average Bonchev–Trinajstić information content (AvgIpc) is 3.08. The molecule has 0 saturated heterocycles. The molecule has 0 unspecified atom stereocenters. The molecule has 132 valence electrons. The highest BCUT2D eigenvalue weighted by molar-refractivity contribution is 5.93. The van der Waals surface area contributed by atoms with E-state index >= 15 is 0 Å². The molecule has 6 nitrogen and oxygen atoms in total. The van der Waals surface area contributed by atoms with E-state index in [0.29, 0.717) is 24.5 Å². The van der Waals surface area contributed by atoms with Crippen LogP contribution in [0.4, 0.5) is 0 Å². The zero-order valence-corrected chi connectivity index (χ0v) is 14.8. The molecule has 2 aromatic heterocycles. The number of aromatic nitrogens is 3. The SMILES string of the molecule is Cc1ccc([C@@]2(NC(=O)c3ccnn3C)CCOc3cccnc32)cc1. The Morgan fingerprint density at radius 2 is 2.00 bits per heavy atom. The lowest BCUT2D eigenvalue weighted by molar-refractivity contribution is 0.0874. The Balaban J connectivity index is 1.85. The number of fused-ring (bicyclic) bond motifs is 1. The normalized spacial score (nSPS) is 18.7. The summed E-state index contributed by atoms with van der Waals surface area (Å²) in [6.07, 6.45) is 3.94. The number of amides is 1. The number of benzene rings is 1. The van der Waals surface area contributed by atoms with Crippen molar-refractivity contribution in [2.75, 3.05) is 6.61 Å². The van der Waals surface area contributed by atoms with Crippen LogP contribution in [0.15, 0.2) is 54.9 Å². The maximum Gasteiger partial charge on any atom is 0.270 e. The highest BCUT2D eigenvalue weighted by Crippen LogP contribution is 2.40. The van der Waals surface area contributed by atoms with Crippen molar-refractivity contribution in [3.63, 3.8) is 0 Å². The predicted molar refractivity (Wildman–Crippen MR) is 97.0 cm³/mol. The van der Waals surface area contributed by atoms with Crippen molar-refractivity contribution < 1.29 is 9.53 Å². The van der Waals surface area contributed by atoms with Crippen LogP contribution in [0.5, 0.6) is 5.75 Å². The van der Waals surface area contributed by atoms with Gasteiger partial charge in [-0.2, -0.15) is 5.10 Å². The number of nitrogens with zero attached hydrogens (tertiary/aromatic N) is 3. The maximum atomic E-state index is 13.0. The van der Waals surface area contributed by atoms with Crippen LogP contribution in [0, 0.1) is 6.92 Å². The third-order valence-corrected chi connectivity index (χ3v) is 4.83. The lowest BCUT2D eigenvalue weighted by Gasteiger charge is -2.39. The van der Waals surface area contributed by atoms with E-state index in [-0.39, 0.29) is 5.91 Å². The zero-order valence-electron chi connectivity index (χ0n) is 14.8. The number of aryl methyl sites for hydroxylation is 2. The fourth-order valence-corrected chi connectivity index (χ4v) is 3.43. The fourth-order valence-electron chi connectivity index (χ4n) is 3.43. The van der Waals surface area contributed by atoms with Gasteiger partial charge in [0, 0.05) is 25.9 Å². The molecule has 0 saturated carbocycles. The molecule has 1 aliphatic rings. The summed E-state index contributed by atoms with van der Waals surface area (Å²) in [7, 11) is 1.75. The first kappa shape index (κ1) is 16.3. The Hall–Kier alpha value is -3.15. The molecule has 0 fully saturated rings. The largest absolute Gasteiger partial charge is 0.491 e. The summed E-state index contributed by atoms with van der Waals surface area (Å²) in [6, 6.07) is 13.6. The van der Waals surface area contributed by atoms with E-state index in [4.69, 9.17) is 4.74 Å². The van der Waals surface area contributed by atoms with E-state index in [0.717, 1.165) is 16.8 Å². The number of carbonyl (C=O) groups is 1. The van der Waals surface area contributed by atoms with Crippen molar-refractivity contribution in [3.8, 4) is 5.75 Å². The Labute approximate surface area is 151 Å². The van der Waals surface area contributed by atoms with Gasteiger partial charge in [0.1, 0.15) is 22.7 Å². The minimum absolute atomic E-state index is 0.191. The van der Waals surface area contributed by atoms with Crippen molar-refractivity contribution in [1.29, 1.82) is 0 Å². The van der Waals surface area contributed by atoms with E-state index in [9.17, 15) is 4.79 Å². The Kier molecular flexibility index (Phi) is 3.95. The standard InChI is InChI=1S/C20H20N4O2/c1-14-5-7-15(8-6-14)20(23-19(25)16-9-12-22-24(16)2)10-13-26-17-4-3-11-21-18(17)20/h3-9,11-12H,10,13H2,1-2H3,(H,23,25)/t20-/m0/s1. The molecule has 1 aliphatic heterocycles. The Morgan fingerprint density at radius 1 is 1.19 bits per heavy atom. The fraction of sp³-hybridized carbons (Fsp3) is 0.250. The first-order valence-corrected chi connectivity index (χ1v) is 8.56. The van der Waals surface area contributed by atoms with Gasteiger partial charge in [0.2, 0.25) is 0 Å². The summed E-state index contributed by atoms with van der Waals surface area (Å²) in [5, 5.41) is 7.32. The molecule has 0 spiro atoms. The van der Waals surface area contributed by atoms with Crippen LogP contribution in [0.3, 0.4) is 0 Å². The summed E-state index contributed by atoms with van der Waals surface area (Å²) in [5.41, 5.74) is 2.63. The molecule has 3 aromatic rings. The molecule has 1 aromatic carbocycles. The van der Waals surface area contributed by atoms with Gasteiger partial charge in [-0.25, -0.2) is 0 Å². The van der Waals surface area contributed by atoms with Crippen LogP contribution in [-0.4, -0.2) is 27.3 Å². The molecule has 0 bridgehead atoms. The molecule has 26 heavy (non-hydrogen) atoms. The van der Waals surface area contributed by atoms with Gasteiger partial charge in [-0.1, -0.05) is 29.8 Å². The average molecular weight is 348 g/mol. The van der Waals surface area contributed by atoms with Crippen molar-refractivity contribution in [2.24, 2.45) is 7.05 Å². The van der Waals surface area contributed by atoms with Crippen LogP contribution in [-0.2, 0) is 12.6 Å². The Morgan fingerprint density at radius 3 is 2.73 bits per heavy atom. The lowest BCUT2D eigenvalue weighted by Crippen LogP contribution is -2.50. The van der Waals surface area contributed by atoms with Gasteiger partial charge in [0.25, 0.3) is 5.91 Å².